The highest BCUT2D eigenvalue weighted by Gasteiger charge is 2.20. The number of imidazole rings is 1. The number of fused-ring (bicyclic) bond motifs is 1. The number of rotatable bonds is 4. The van der Waals surface area contributed by atoms with Gasteiger partial charge >= 0.3 is 0 Å². The van der Waals surface area contributed by atoms with Gasteiger partial charge in [0.15, 0.2) is 11.4 Å². The smallest absolute Gasteiger partial charge is 0.274 e. The second kappa shape index (κ2) is 7.54. The summed E-state index contributed by atoms with van der Waals surface area (Å²) in [5.74, 6) is 0.866. The number of hydrogen-bond donors (Lipinski definition) is 1. The van der Waals surface area contributed by atoms with Gasteiger partial charge in [0.05, 0.1) is 21.4 Å². The summed E-state index contributed by atoms with van der Waals surface area (Å²) in [5, 5.41) is 3.69. The first-order valence-corrected chi connectivity index (χ1v) is 9.25. The maximum absolute atomic E-state index is 13.0. The van der Waals surface area contributed by atoms with E-state index in [1.165, 1.54) is 0 Å². The van der Waals surface area contributed by atoms with E-state index in [4.69, 9.17) is 27.9 Å². The predicted molar refractivity (Wildman–Crippen MR) is 111 cm³/mol. The van der Waals surface area contributed by atoms with Crippen LogP contribution in [0.5, 0.6) is 11.5 Å². The molecule has 4 aromatic rings. The number of hydrogen-bond acceptors (Lipinski definition) is 3. The molecule has 2 heterocycles. The van der Waals surface area contributed by atoms with E-state index in [-0.39, 0.29) is 5.91 Å². The van der Waals surface area contributed by atoms with Gasteiger partial charge in [-0.05, 0) is 37.3 Å². The summed E-state index contributed by atoms with van der Waals surface area (Å²) in [6.07, 6.45) is 1.62. The molecule has 0 radical (unpaired) electrons. The van der Waals surface area contributed by atoms with Crippen LogP contribution in [-0.2, 0) is 0 Å². The number of benzene rings is 2. The summed E-state index contributed by atoms with van der Waals surface area (Å²) in [6.45, 7) is 1.75. The van der Waals surface area contributed by atoms with Crippen molar-refractivity contribution in [3.8, 4) is 11.5 Å². The van der Waals surface area contributed by atoms with E-state index in [1.54, 1.807) is 35.7 Å². The van der Waals surface area contributed by atoms with Crippen LogP contribution in [0.2, 0.25) is 10.0 Å². The molecule has 0 aliphatic carbocycles. The van der Waals surface area contributed by atoms with Gasteiger partial charge in [0.2, 0.25) is 0 Å². The van der Waals surface area contributed by atoms with Gasteiger partial charge in [-0.3, -0.25) is 9.20 Å². The number of para-hydroxylation sites is 3. The normalized spacial score (nSPS) is 10.8. The molecule has 140 valence electrons. The fourth-order valence-corrected chi connectivity index (χ4v) is 3.43. The minimum atomic E-state index is -0.340. The fraction of sp³-hybridized carbons (Fsp3) is 0.0476. The van der Waals surface area contributed by atoms with Gasteiger partial charge in [0.1, 0.15) is 11.4 Å². The van der Waals surface area contributed by atoms with Gasteiger partial charge in [-0.2, -0.15) is 0 Å². The molecule has 4 rings (SSSR count). The Morgan fingerprint density at radius 3 is 2.57 bits per heavy atom. The molecule has 0 atom stereocenters. The van der Waals surface area contributed by atoms with Crippen LogP contribution < -0.4 is 10.1 Å². The van der Waals surface area contributed by atoms with Crippen LogP contribution in [0.15, 0.2) is 66.9 Å². The Kier molecular flexibility index (Phi) is 4.94. The third kappa shape index (κ3) is 3.54. The van der Waals surface area contributed by atoms with Gasteiger partial charge in [-0.1, -0.05) is 53.5 Å². The number of aryl methyl sites for hydroxylation is 1. The summed E-state index contributed by atoms with van der Waals surface area (Å²) in [6, 6.07) is 18.2. The maximum atomic E-state index is 13.0. The number of halogens is 2. The zero-order chi connectivity index (χ0) is 19.7. The first-order valence-electron chi connectivity index (χ1n) is 8.50. The molecule has 5 nitrogen and oxygen atoms in total. The predicted octanol–water partition coefficient (Wildman–Crippen LogP) is 5.99. The largest absolute Gasteiger partial charge is 0.455 e. The van der Waals surface area contributed by atoms with E-state index in [1.807, 2.05) is 42.5 Å². The summed E-state index contributed by atoms with van der Waals surface area (Å²) in [4.78, 5) is 17.4. The fourth-order valence-electron chi connectivity index (χ4n) is 2.92. The van der Waals surface area contributed by atoms with E-state index in [0.717, 1.165) is 0 Å². The molecule has 0 bridgehead atoms. The lowest BCUT2D eigenvalue weighted by Gasteiger charge is -2.12. The minimum Gasteiger partial charge on any atom is -0.455 e. The van der Waals surface area contributed by atoms with Gasteiger partial charge in [0.25, 0.3) is 5.91 Å². The molecule has 0 saturated heterocycles. The number of carbonyl (C=O) groups excluding carboxylic acids is 1. The number of pyridine rings is 1. The SMILES string of the molecule is Cc1nc2c(Cl)cc(Cl)cn2c1C(=O)Nc1ccccc1Oc1ccccc1. The quantitative estimate of drug-likeness (QED) is 0.448. The van der Waals surface area contributed by atoms with Crippen molar-refractivity contribution in [2.45, 2.75) is 6.92 Å². The average molecular weight is 412 g/mol. The molecule has 0 saturated carbocycles. The van der Waals surface area contributed by atoms with Crippen molar-refractivity contribution in [1.82, 2.24) is 9.38 Å². The molecule has 2 aromatic heterocycles. The Hall–Kier alpha value is -3.02. The van der Waals surface area contributed by atoms with Crippen molar-refractivity contribution in [2.75, 3.05) is 5.32 Å². The van der Waals surface area contributed by atoms with Gasteiger partial charge in [-0.25, -0.2) is 4.98 Å². The zero-order valence-corrected chi connectivity index (χ0v) is 16.3. The first-order chi connectivity index (χ1) is 13.5. The molecule has 1 amide bonds. The highest BCUT2D eigenvalue weighted by molar-refractivity contribution is 6.36. The lowest BCUT2D eigenvalue weighted by atomic mass is 10.2. The van der Waals surface area contributed by atoms with Crippen LogP contribution in [0.3, 0.4) is 0 Å². The summed E-state index contributed by atoms with van der Waals surface area (Å²) in [7, 11) is 0. The lowest BCUT2D eigenvalue weighted by Crippen LogP contribution is -2.16. The Bertz CT molecular complexity index is 1170. The van der Waals surface area contributed by atoms with Crippen molar-refractivity contribution in [2.24, 2.45) is 0 Å². The second-order valence-electron chi connectivity index (χ2n) is 6.11. The van der Waals surface area contributed by atoms with Crippen LogP contribution in [0.25, 0.3) is 5.65 Å². The van der Waals surface area contributed by atoms with Crippen molar-refractivity contribution in [1.29, 1.82) is 0 Å². The Labute approximate surface area is 171 Å². The number of ether oxygens (including phenoxy) is 1. The number of amides is 1. The van der Waals surface area contributed by atoms with E-state index in [2.05, 4.69) is 10.3 Å². The Balaban J connectivity index is 1.69. The van der Waals surface area contributed by atoms with Crippen molar-refractivity contribution < 1.29 is 9.53 Å². The third-order valence-electron chi connectivity index (χ3n) is 4.14. The zero-order valence-electron chi connectivity index (χ0n) is 14.8. The molecule has 0 unspecified atom stereocenters. The molecule has 0 fully saturated rings. The Morgan fingerprint density at radius 2 is 1.79 bits per heavy atom. The lowest BCUT2D eigenvalue weighted by molar-refractivity contribution is 0.102. The first kappa shape index (κ1) is 18.3. The van der Waals surface area contributed by atoms with Gasteiger partial charge in [-0.15, -0.1) is 0 Å². The summed E-state index contributed by atoms with van der Waals surface area (Å²) < 4.78 is 7.50. The number of carbonyl (C=O) groups is 1. The van der Waals surface area contributed by atoms with Crippen molar-refractivity contribution >= 4 is 40.4 Å². The molecule has 2 aromatic carbocycles. The van der Waals surface area contributed by atoms with Crippen molar-refractivity contribution in [3.63, 3.8) is 0 Å². The second-order valence-corrected chi connectivity index (χ2v) is 6.95. The number of nitrogens with one attached hydrogen (secondary N) is 1. The molecular weight excluding hydrogens is 397 g/mol. The molecule has 0 aliphatic heterocycles. The Morgan fingerprint density at radius 1 is 1.07 bits per heavy atom. The van der Waals surface area contributed by atoms with E-state index >= 15 is 0 Å². The highest BCUT2D eigenvalue weighted by atomic mass is 35.5. The summed E-state index contributed by atoms with van der Waals surface area (Å²) >= 11 is 12.3. The third-order valence-corrected chi connectivity index (χ3v) is 4.62. The number of aromatic nitrogens is 2. The molecule has 7 heteroatoms. The van der Waals surface area contributed by atoms with E-state index in [0.29, 0.717) is 44.3 Å². The summed E-state index contributed by atoms with van der Waals surface area (Å²) in [5.41, 5.74) is 1.92. The maximum Gasteiger partial charge on any atom is 0.274 e. The van der Waals surface area contributed by atoms with Crippen LogP contribution >= 0.6 is 23.2 Å². The highest BCUT2D eigenvalue weighted by Crippen LogP contribution is 2.30. The van der Waals surface area contributed by atoms with Crippen molar-refractivity contribution in [3.05, 3.63) is 88.3 Å². The number of nitrogens with zero attached hydrogens (tertiary/aromatic N) is 2. The monoisotopic (exact) mass is 411 g/mol. The molecule has 0 spiro atoms. The van der Waals surface area contributed by atoms with Crippen LogP contribution in [0, 0.1) is 6.92 Å². The van der Waals surface area contributed by atoms with E-state index in [9.17, 15) is 4.79 Å². The van der Waals surface area contributed by atoms with Crippen LogP contribution in [0.1, 0.15) is 16.2 Å². The molecule has 0 aliphatic rings. The molecule has 28 heavy (non-hydrogen) atoms. The van der Waals surface area contributed by atoms with Crippen LogP contribution in [0.4, 0.5) is 5.69 Å². The van der Waals surface area contributed by atoms with Crippen LogP contribution in [-0.4, -0.2) is 15.3 Å². The van der Waals surface area contributed by atoms with E-state index < -0.39 is 0 Å². The average Bonchev–Trinajstić information content (AvgIpc) is 3.00. The minimum absolute atomic E-state index is 0.340. The number of anilines is 1. The van der Waals surface area contributed by atoms with Gasteiger partial charge < -0.3 is 10.1 Å². The standard InChI is InChI=1S/C21H15Cl2N3O2/c1-13-19(26-12-14(22)11-16(23)20(26)24-13)21(27)25-17-9-5-6-10-18(17)28-15-7-3-2-4-8-15/h2-12H,1H3,(H,25,27). The van der Waals surface area contributed by atoms with Gasteiger partial charge in [0, 0.05) is 6.20 Å². The topological polar surface area (TPSA) is 55.6 Å². The molecular formula is C21H15Cl2N3O2. The molecule has 1 N–H and O–H groups in total.